The van der Waals surface area contributed by atoms with Crippen LogP contribution in [0.1, 0.15) is 34.6 Å². The molecule has 1 unspecified atom stereocenters. The number of rotatable bonds is 6. The highest BCUT2D eigenvalue weighted by molar-refractivity contribution is 6.21. The summed E-state index contributed by atoms with van der Waals surface area (Å²) in [6.07, 6.45) is 0. The zero-order valence-electron chi connectivity index (χ0n) is 13.1. The maximum Gasteiger partial charge on any atom is 0.0715 e. The molecule has 0 bridgehead atoms. The van der Waals surface area contributed by atoms with Crippen LogP contribution in [0.15, 0.2) is 48.5 Å². The normalized spacial score (nSPS) is 12.6. The summed E-state index contributed by atoms with van der Waals surface area (Å²) in [4.78, 5) is 2.40. The zero-order valence-corrected chi connectivity index (χ0v) is 13.9. The Hall–Kier alpha value is -1.31. The van der Waals surface area contributed by atoms with Gasteiger partial charge in [0.25, 0.3) is 0 Å². The summed E-state index contributed by atoms with van der Waals surface area (Å²) < 4.78 is 0. The minimum absolute atomic E-state index is 0.0364. The molecule has 0 saturated carbocycles. The van der Waals surface area contributed by atoms with Crippen molar-refractivity contribution in [2.75, 3.05) is 13.1 Å². The van der Waals surface area contributed by atoms with Crippen LogP contribution in [0.4, 0.5) is 0 Å². The summed E-state index contributed by atoms with van der Waals surface area (Å²) in [5.74, 6) is 0. The van der Waals surface area contributed by atoms with Crippen molar-refractivity contribution in [2.45, 2.75) is 32.7 Å². The standard InChI is InChI=1S/C19H24ClN/c1-4-21(13-17-8-6-5-7-9-17)14-19(20)18-11-10-15(2)12-16(18)3/h5-12,19H,4,13-14H2,1-3H3. The molecule has 0 N–H and O–H groups in total. The van der Waals surface area contributed by atoms with Crippen LogP contribution in [0.2, 0.25) is 0 Å². The van der Waals surface area contributed by atoms with E-state index in [1.807, 2.05) is 0 Å². The number of hydrogen-bond donors (Lipinski definition) is 0. The molecule has 0 radical (unpaired) electrons. The van der Waals surface area contributed by atoms with Crippen LogP contribution in [0.5, 0.6) is 0 Å². The predicted molar refractivity (Wildman–Crippen MR) is 91.9 cm³/mol. The predicted octanol–water partition coefficient (Wildman–Crippen LogP) is 5.11. The molecule has 0 aromatic heterocycles. The number of nitrogens with zero attached hydrogens (tertiary/aromatic N) is 1. The quantitative estimate of drug-likeness (QED) is 0.671. The molecule has 0 aliphatic carbocycles. The van der Waals surface area contributed by atoms with Gasteiger partial charge >= 0.3 is 0 Å². The summed E-state index contributed by atoms with van der Waals surface area (Å²) in [6, 6.07) is 17.1. The van der Waals surface area contributed by atoms with E-state index in [-0.39, 0.29) is 5.38 Å². The first kappa shape index (κ1) is 16.1. The van der Waals surface area contributed by atoms with E-state index in [1.165, 1.54) is 22.3 Å². The minimum atomic E-state index is 0.0364. The summed E-state index contributed by atoms with van der Waals surface area (Å²) in [5, 5.41) is 0.0364. The lowest BCUT2D eigenvalue weighted by Crippen LogP contribution is -2.26. The topological polar surface area (TPSA) is 3.24 Å². The van der Waals surface area contributed by atoms with Gasteiger partial charge in [0.1, 0.15) is 0 Å². The Kier molecular flexibility index (Phi) is 5.84. The Morgan fingerprint density at radius 1 is 1.05 bits per heavy atom. The fourth-order valence-electron chi connectivity index (χ4n) is 2.65. The van der Waals surface area contributed by atoms with Gasteiger partial charge in [0.2, 0.25) is 0 Å². The van der Waals surface area contributed by atoms with Crippen molar-refractivity contribution >= 4 is 11.6 Å². The van der Waals surface area contributed by atoms with Crippen LogP contribution in [0.3, 0.4) is 0 Å². The number of alkyl halides is 1. The number of likely N-dealkylation sites (N-methyl/N-ethyl adjacent to an activating group) is 1. The monoisotopic (exact) mass is 301 g/mol. The third-order valence-corrected chi connectivity index (χ3v) is 4.25. The Balaban J connectivity index is 2.04. The molecule has 112 valence electrons. The van der Waals surface area contributed by atoms with Crippen LogP contribution in [-0.4, -0.2) is 18.0 Å². The van der Waals surface area contributed by atoms with Gasteiger partial charge in [-0.15, -0.1) is 11.6 Å². The van der Waals surface area contributed by atoms with Crippen molar-refractivity contribution in [3.05, 3.63) is 70.8 Å². The molecule has 2 aromatic rings. The largest absolute Gasteiger partial charge is 0.298 e. The first-order chi connectivity index (χ1) is 10.1. The number of hydrogen-bond acceptors (Lipinski definition) is 1. The molecule has 0 spiro atoms. The van der Waals surface area contributed by atoms with E-state index in [9.17, 15) is 0 Å². The second kappa shape index (κ2) is 7.63. The lowest BCUT2D eigenvalue weighted by Gasteiger charge is -2.24. The molecular formula is C19H24ClN. The van der Waals surface area contributed by atoms with Gasteiger partial charge in [0.15, 0.2) is 0 Å². The van der Waals surface area contributed by atoms with Gasteiger partial charge in [0, 0.05) is 13.1 Å². The lowest BCUT2D eigenvalue weighted by atomic mass is 10.0. The van der Waals surface area contributed by atoms with Crippen molar-refractivity contribution in [2.24, 2.45) is 0 Å². The van der Waals surface area contributed by atoms with Crippen LogP contribution in [0.25, 0.3) is 0 Å². The van der Waals surface area contributed by atoms with E-state index in [0.29, 0.717) is 0 Å². The van der Waals surface area contributed by atoms with E-state index in [0.717, 1.165) is 19.6 Å². The van der Waals surface area contributed by atoms with Crippen LogP contribution in [0, 0.1) is 13.8 Å². The molecule has 2 rings (SSSR count). The molecule has 0 aliphatic rings. The Morgan fingerprint density at radius 3 is 2.38 bits per heavy atom. The molecular weight excluding hydrogens is 278 g/mol. The highest BCUT2D eigenvalue weighted by Gasteiger charge is 2.15. The molecule has 1 atom stereocenters. The molecule has 1 nitrogen and oxygen atoms in total. The summed E-state index contributed by atoms with van der Waals surface area (Å²) in [7, 11) is 0. The fraction of sp³-hybridized carbons (Fsp3) is 0.368. The number of aryl methyl sites for hydroxylation is 2. The maximum atomic E-state index is 6.66. The van der Waals surface area contributed by atoms with Crippen molar-refractivity contribution in [1.29, 1.82) is 0 Å². The van der Waals surface area contributed by atoms with Crippen LogP contribution < -0.4 is 0 Å². The molecule has 0 fully saturated rings. The van der Waals surface area contributed by atoms with Gasteiger partial charge < -0.3 is 0 Å². The van der Waals surface area contributed by atoms with Crippen LogP contribution >= 0.6 is 11.6 Å². The fourth-order valence-corrected chi connectivity index (χ4v) is 3.09. The van der Waals surface area contributed by atoms with E-state index in [4.69, 9.17) is 11.6 Å². The maximum absolute atomic E-state index is 6.66. The average molecular weight is 302 g/mol. The first-order valence-electron chi connectivity index (χ1n) is 7.57. The van der Waals surface area contributed by atoms with Gasteiger partial charge in [-0.2, -0.15) is 0 Å². The summed E-state index contributed by atoms with van der Waals surface area (Å²) in [6.45, 7) is 9.28. The van der Waals surface area contributed by atoms with Crippen molar-refractivity contribution in [3.8, 4) is 0 Å². The minimum Gasteiger partial charge on any atom is -0.298 e. The highest BCUT2D eigenvalue weighted by Crippen LogP contribution is 2.26. The van der Waals surface area contributed by atoms with E-state index < -0.39 is 0 Å². The third kappa shape index (κ3) is 4.59. The molecule has 2 aromatic carbocycles. The lowest BCUT2D eigenvalue weighted by molar-refractivity contribution is 0.280. The Morgan fingerprint density at radius 2 is 1.76 bits per heavy atom. The summed E-state index contributed by atoms with van der Waals surface area (Å²) in [5.41, 5.74) is 5.15. The van der Waals surface area contributed by atoms with Gasteiger partial charge in [-0.05, 0) is 37.1 Å². The molecule has 2 heteroatoms. The molecule has 0 saturated heterocycles. The van der Waals surface area contributed by atoms with Gasteiger partial charge in [-0.3, -0.25) is 4.90 Å². The molecule has 0 amide bonds. The van der Waals surface area contributed by atoms with Gasteiger partial charge in [-0.25, -0.2) is 0 Å². The van der Waals surface area contributed by atoms with Gasteiger partial charge in [0.05, 0.1) is 5.38 Å². The molecule has 0 aliphatic heterocycles. The highest BCUT2D eigenvalue weighted by atomic mass is 35.5. The Bertz CT molecular complexity index is 565. The van der Waals surface area contributed by atoms with E-state index in [2.05, 4.69) is 74.2 Å². The smallest absolute Gasteiger partial charge is 0.0715 e. The SMILES string of the molecule is CCN(Cc1ccccc1)CC(Cl)c1ccc(C)cc1C. The second-order valence-electron chi connectivity index (χ2n) is 5.64. The number of benzene rings is 2. The van der Waals surface area contributed by atoms with Crippen molar-refractivity contribution in [1.82, 2.24) is 4.90 Å². The molecule has 21 heavy (non-hydrogen) atoms. The second-order valence-corrected chi connectivity index (χ2v) is 6.17. The van der Waals surface area contributed by atoms with Gasteiger partial charge in [-0.1, -0.05) is 61.0 Å². The molecule has 0 heterocycles. The van der Waals surface area contributed by atoms with Crippen LogP contribution in [-0.2, 0) is 6.54 Å². The summed E-state index contributed by atoms with van der Waals surface area (Å²) >= 11 is 6.66. The van der Waals surface area contributed by atoms with Crippen molar-refractivity contribution in [3.63, 3.8) is 0 Å². The Labute approximate surface area is 133 Å². The van der Waals surface area contributed by atoms with E-state index >= 15 is 0 Å². The average Bonchev–Trinajstić information content (AvgIpc) is 2.47. The van der Waals surface area contributed by atoms with Crippen molar-refractivity contribution < 1.29 is 0 Å². The third-order valence-electron chi connectivity index (χ3n) is 3.88. The first-order valence-corrected chi connectivity index (χ1v) is 8.01. The number of halogens is 1. The van der Waals surface area contributed by atoms with E-state index in [1.54, 1.807) is 0 Å². The zero-order chi connectivity index (χ0) is 15.2.